The smallest absolute Gasteiger partial charge is 0.203 e. The Morgan fingerprint density at radius 2 is 2.24 bits per heavy atom. The van der Waals surface area contributed by atoms with E-state index in [0.717, 1.165) is 29.0 Å². The number of carbonyl (C=O) groups is 1. The zero-order valence-electron chi connectivity index (χ0n) is 9.62. The molecule has 1 aliphatic heterocycles. The molecule has 0 bridgehead atoms. The Labute approximate surface area is 104 Å². The molecule has 0 saturated heterocycles. The van der Waals surface area contributed by atoms with E-state index in [1.807, 2.05) is 36.6 Å². The maximum Gasteiger partial charge on any atom is 0.203 e. The average Bonchev–Trinajstić information content (AvgIpc) is 2.95. The third-order valence-corrected chi connectivity index (χ3v) is 4.16. The molecule has 3 rings (SSSR count). The van der Waals surface area contributed by atoms with E-state index in [9.17, 15) is 4.79 Å². The number of thiophene rings is 1. The number of nitrogens with one attached hydrogen (secondary N) is 1. The molecular weight excluding hydrogens is 230 g/mol. The monoisotopic (exact) mass is 243 g/mol. The van der Waals surface area contributed by atoms with E-state index in [-0.39, 0.29) is 5.78 Å². The number of benzene rings is 1. The van der Waals surface area contributed by atoms with Crippen molar-refractivity contribution in [3.63, 3.8) is 0 Å². The minimum atomic E-state index is 0.146. The highest BCUT2D eigenvalue weighted by molar-refractivity contribution is 7.12. The summed E-state index contributed by atoms with van der Waals surface area (Å²) in [4.78, 5) is 13.2. The van der Waals surface area contributed by atoms with Crippen molar-refractivity contribution in [1.29, 1.82) is 0 Å². The summed E-state index contributed by atoms with van der Waals surface area (Å²) in [6, 6.07) is 7.95. The number of rotatable bonds is 2. The second-order valence-corrected chi connectivity index (χ2v) is 5.23. The van der Waals surface area contributed by atoms with Crippen LogP contribution in [-0.2, 0) is 6.42 Å². The van der Waals surface area contributed by atoms with Crippen LogP contribution in [0.1, 0.15) is 26.4 Å². The molecule has 0 aliphatic carbocycles. The molecule has 0 radical (unpaired) electrons. The zero-order chi connectivity index (χ0) is 11.8. The molecule has 1 aromatic carbocycles. The molecule has 1 N–H and O–H groups in total. The summed E-state index contributed by atoms with van der Waals surface area (Å²) in [6.07, 6.45) is 1.01. The summed E-state index contributed by atoms with van der Waals surface area (Å²) in [5, 5.41) is 5.27. The highest BCUT2D eigenvalue weighted by Crippen LogP contribution is 2.26. The third kappa shape index (κ3) is 1.76. The molecule has 0 spiro atoms. The first-order valence-corrected chi connectivity index (χ1v) is 6.59. The van der Waals surface area contributed by atoms with Gasteiger partial charge < -0.3 is 5.32 Å². The van der Waals surface area contributed by atoms with Gasteiger partial charge in [-0.25, -0.2) is 0 Å². The summed E-state index contributed by atoms with van der Waals surface area (Å²) in [6.45, 7) is 2.96. The van der Waals surface area contributed by atoms with Crippen LogP contribution in [-0.4, -0.2) is 12.3 Å². The van der Waals surface area contributed by atoms with Gasteiger partial charge in [-0.3, -0.25) is 4.79 Å². The number of hydrogen-bond donors (Lipinski definition) is 1. The Kier molecular flexibility index (Phi) is 2.48. The maximum absolute atomic E-state index is 12.3. The summed E-state index contributed by atoms with van der Waals surface area (Å²) >= 11 is 1.52. The molecule has 0 atom stereocenters. The lowest BCUT2D eigenvalue weighted by atomic mass is 10.0. The predicted molar refractivity (Wildman–Crippen MR) is 71.1 cm³/mol. The summed E-state index contributed by atoms with van der Waals surface area (Å²) in [5.41, 5.74) is 4.30. The Hall–Kier alpha value is -1.61. The molecule has 0 unspecified atom stereocenters. The third-order valence-electron chi connectivity index (χ3n) is 3.15. The lowest BCUT2D eigenvalue weighted by Crippen LogP contribution is -2.01. The second kappa shape index (κ2) is 4.00. The van der Waals surface area contributed by atoms with Crippen LogP contribution in [0.25, 0.3) is 0 Å². The van der Waals surface area contributed by atoms with Crippen LogP contribution in [0, 0.1) is 6.92 Å². The van der Waals surface area contributed by atoms with Gasteiger partial charge in [0.25, 0.3) is 0 Å². The fourth-order valence-electron chi connectivity index (χ4n) is 2.18. The molecule has 2 heterocycles. The minimum absolute atomic E-state index is 0.146. The van der Waals surface area contributed by atoms with Gasteiger partial charge in [-0.2, -0.15) is 0 Å². The van der Waals surface area contributed by atoms with Gasteiger partial charge in [0.05, 0.1) is 4.88 Å². The van der Waals surface area contributed by atoms with Gasteiger partial charge in [-0.1, -0.05) is 0 Å². The summed E-state index contributed by atoms with van der Waals surface area (Å²) < 4.78 is 0. The minimum Gasteiger partial charge on any atom is -0.384 e. The second-order valence-electron chi connectivity index (χ2n) is 4.31. The first kappa shape index (κ1) is 10.5. The van der Waals surface area contributed by atoms with Gasteiger partial charge in [0.15, 0.2) is 0 Å². The fraction of sp³-hybridized carbons (Fsp3) is 0.214. The van der Waals surface area contributed by atoms with Crippen LogP contribution in [0.3, 0.4) is 0 Å². The van der Waals surface area contributed by atoms with Crippen LogP contribution in [0.4, 0.5) is 5.69 Å². The van der Waals surface area contributed by atoms with E-state index in [1.165, 1.54) is 22.6 Å². The molecule has 17 heavy (non-hydrogen) atoms. The van der Waals surface area contributed by atoms with Gasteiger partial charge in [0, 0.05) is 17.8 Å². The largest absolute Gasteiger partial charge is 0.384 e. The van der Waals surface area contributed by atoms with Crippen molar-refractivity contribution in [2.75, 3.05) is 11.9 Å². The quantitative estimate of drug-likeness (QED) is 0.820. The first-order chi connectivity index (χ1) is 8.25. The number of aryl methyl sites for hydroxylation is 1. The number of ketones is 1. The Morgan fingerprint density at radius 1 is 1.35 bits per heavy atom. The maximum atomic E-state index is 12.3. The van der Waals surface area contributed by atoms with Crippen molar-refractivity contribution in [1.82, 2.24) is 0 Å². The number of carbonyl (C=O) groups excluding carboxylic acids is 1. The molecule has 0 fully saturated rings. The molecule has 2 aromatic rings. The molecule has 0 amide bonds. The number of anilines is 1. The molecule has 86 valence electrons. The summed E-state index contributed by atoms with van der Waals surface area (Å²) in [5.74, 6) is 0.146. The lowest BCUT2D eigenvalue weighted by molar-refractivity contribution is 0.104. The molecular formula is C14H13NOS. The van der Waals surface area contributed by atoms with Crippen molar-refractivity contribution in [3.05, 3.63) is 51.2 Å². The Morgan fingerprint density at radius 3 is 3.00 bits per heavy atom. The standard InChI is InChI=1S/C14H13NOS/c1-9-5-7-17-14(9)13(16)11-2-3-12-10(8-11)4-6-15-12/h2-3,5,7-8,15H,4,6H2,1H3. The lowest BCUT2D eigenvalue weighted by Gasteiger charge is -2.03. The highest BCUT2D eigenvalue weighted by atomic mass is 32.1. The van der Waals surface area contributed by atoms with E-state index < -0.39 is 0 Å². The normalized spacial score (nSPS) is 13.2. The zero-order valence-corrected chi connectivity index (χ0v) is 10.4. The van der Waals surface area contributed by atoms with Crippen LogP contribution in [0.5, 0.6) is 0 Å². The Balaban J connectivity index is 2.00. The van der Waals surface area contributed by atoms with Crippen molar-refractivity contribution in [2.45, 2.75) is 13.3 Å². The first-order valence-electron chi connectivity index (χ1n) is 5.71. The number of hydrogen-bond acceptors (Lipinski definition) is 3. The highest BCUT2D eigenvalue weighted by Gasteiger charge is 2.16. The SMILES string of the molecule is Cc1ccsc1C(=O)c1ccc2c(c1)CCN2. The van der Waals surface area contributed by atoms with Crippen LogP contribution in [0.2, 0.25) is 0 Å². The molecule has 2 nitrogen and oxygen atoms in total. The van der Waals surface area contributed by atoms with Gasteiger partial charge in [0.2, 0.25) is 5.78 Å². The Bertz CT molecular complexity index is 586. The van der Waals surface area contributed by atoms with Crippen molar-refractivity contribution >= 4 is 22.8 Å². The van der Waals surface area contributed by atoms with E-state index >= 15 is 0 Å². The molecule has 1 aliphatic rings. The van der Waals surface area contributed by atoms with Crippen LogP contribution >= 0.6 is 11.3 Å². The fourth-order valence-corrected chi connectivity index (χ4v) is 3.07. The van der Waals surface area contributed by atoms with Crippen LogP contribution in [0.15, 0.2) is 29.6 Å². The van der Waals surface area contributed by atoms with Gasteiger partial charge in [-0.15, -0.1) is 11.3 Å². The molecule has 1 aromatic heterocycles. The van der Waals surface area contributed by atoms with E-state index in [0.29, 0.717) is 0 Å². The average molecular weight is 243 g/mol. The van der Waals surface area contributed by atoms with E-state index in [4.69, 9.17) is 0 Å². The van der Waals surface area contributed by atoms with Gasteiger partial charge >= 0.3 is 0 Å². The van der Waals surface area contributed by atoms with Crippen molar-refractivity contribution in [3.8, 4) is 0 Å². The van der Waals surface area contributed by atoms with Gasteiger partial charge in [0.1, 0.15) is 0 Å². The van der Waals surface area contributed by atoms with E-state index in [2.05, 4.69) is 5.32 Å². The van der Waals surface area contributed by atoms with Crippen molar-refractivity contribution in [2.24, 2.45) is 0 Å². The van der Waals surface area contributed by atoms with Gasteiger partial charge in [-0.05, 0) is 54.1 Å². The number of fused-ring (bicyclic) bond motifs is 1. The van der Waals surface area contributed by atoms with Crippen LogP contribution < -0.4 is 5.32 Å². The molecule has 0 saturated carbocycles. The molecule has 3 heteroatoms. The topological polar surface area (TPSA) is 29.1 Å². The van der Waals surface area contributed by atoms with Crippen molar-refractivity contribution < 1.29 is 4.79 Å². The predicted octanol–water partition coefficient (Wildman–Crippen LogP) is 3.26. The van der Waals surface area contributed by atoms with E-state index in [1.54, 1.807) is 0 Å². The summed E-state index contributed by atoms with van der Waals surface area (Å²) in [7, 11) is 0.